The van der Waals surface area contributed by atoms with E-state index in [2.05, 4.69) is 29.8 Å². The van der Waals surface area contributed by atoms with Gasteiger partial charge in [-0.1, -0.05) is 0 Å². The van der Waals surface area contributed by atoms with E-state index < -0.39 is 17.7 Å². The molecular formula is C18H20N2O4. The van der Waals surface area contributed by atoms with Crippen molar-refractivity contribution in [2.75, 3.05) is 5.32 Å². The second-order valence-corrected chi connectivity index (χ2v) is 6.18. The highest BCUT2D eigenvalue weighted by atomic mass is 16.7. The average Bonchev–Trinajstić information content (AvgIpc) is 2.79. The molecule has 1 aliphatic rings. The topological polar surface area (TPSA) is 69.6 Å². The molecule has 0 atom stereocenters. The SMILES string of the molecule is CCn1c(C)cc2cc(NC=C3C(=O)OC(C)(C)OC3=O)ccc21. The van der Waals surface area contributed by atoms with Crippen LogP contribution in [0.2, 0.25) is 0 Å². The zero-order valence-electron chi connectivity index (χ0n) is 14.2. The number of nitrogens with zero attached hydrogens (tertiary/aromatic N) is 1. The van der Waals surface area contributed by atoms with Crippen molar-refractivity contribution in [3.63, 3.8) is 0 Å². The van der Waals surface area contributed by atoms with Crippen molar-refractivity contribution in [3.8, 4) is 0 Å². The van der Waals surface area contributed by atoms with Crippen molar-refractivity contribution in [3.05, 3.63) is 41.7 Å². The third-order valence-electron chi connectivity index (χ3n) is 3.92. The second kappa shape index (κ2) is 5.70. The van der Waals surface area contributed by atoms with Gasteiger partial charge < -0.3 is 19.4 Å². The molecule has 3 rings (SSSR count). The first kappa shape index (κ1) is 16.1. The monoisotopic (exact) mass is 328 g/mol. The van der Waals surface area contributed by atoms with Gasteiger partial charge >= 0.3 is 11.9 Å². The number of cyclic esters (lactones) is 2. The molecule has 6 heteroatoms. The van der Waals surface area contributed by atoms with Crippen molar-refractivity contribution in [2.45, 2.75) is 40.0 Å². The van der Waals surface area contributed by atoms with Gasteiger partial charge in [0, 0.05) is 48.9 Å². The summed E-state index contributed by atoms with van der Waals surface area (Å²) in [5.74, 6) is -2.62. The summed E-state index contributed by atoms with van der Waals surface area (Å²) < 4.78 is 12.3. The number of carbonyl (C=O) groups is 2. The van der Waals surface area contributed by atoms with Crippen LogP contribution >= 0.6 is 0 Å². The Morgan fingerprint density at radius 1 is 1.17 bits per heavy atom. The van der Waals surface area contributed by atoms with Crippen molar-refractivity contribution in [2.24, 2.45) is 0 Å². The Morgan fingerprint density at radius 3 is 2.46 bits per heavy atom. The predicted molar refractivity (Wildman–Crippen MR) is 90.3 cm³/mol. The van der Waals surface area contributed by atoms with Gasteiger partial charge in [-0.15, -0.1) is 0 Å². The maximum Gasteiger partial charge on any atom is 0.350 e. The molecule has 1 N–H and O–H groups in total. The fourth-order valence-electron chi connectivity index (χ4n) is 2.85. The summed E-state index contributed by atoms with van der Waals surface area (Å²) in [5.41, 5.74) is 2.95. The highest BCUT2D eigenvalue weighted by Gasteiger charge is 2.38. The Kier molecular flexibility index (Phi) is 3.83. The molecule has 0 radical (unpaired) electrons. The van der Waals surface area contributed by atoms with Crippen LogP contribution in [0.4, 0.5) is 5.69 Å². The fourth-order valence-corrected chi connectivity index (χ4v) is 2.85. The minimum atomic E-state index is -1.23. The Hall–Kier alpha value is -2.76. The number of hydrogen-bond acceptors (Lipinski definition) is 5. The summed E-state index contributed by atoms with van der Waals surface area (Å²) in [4.78, 5) is 23.8. The highest BCUT2D eigenvalue weighted by Crippen LogP contribution is 2.25. The molecule has 1 saturated heterocycles. The number of rotatable bonds is 3. The number of esters is 2. The van der Waals surface area contributed by atoms with Gasteiger partial charge in [0.2, 0.25) is 0 Å². The first-order chi connectivity index (χ1) is 11.3. The van der Waals surface area contributed by atoms with Gasteiger partial charge in [0.15, 0.2) is 5.57 Å². The van der Waals surface area contributed by atoms with Crippen molar-refractivity contribution < 1.29 is 19.1 Å². The minimum absolute atomic E-state index is 0.156. The molecule has 0 spiro atoms. The van der Waals surface area contributed by atoms with Gasteiger partial charge in [-0.25, -0.2) is 9.59 Å². The van der Waals surface area contributed by atoms with Crippen LogP contribution in [0.3, 0.4) is 0 Å². The quantitative estimate of drug-likeness (QED) is 0.533. The molecule has 0 amide bonds. The van der Waals surface area contributed by atoms with E-state index in [1.807, 2.05) is 18.2 Å². The van der Waals surface area contributed by atoms with Gasteiger partial charge in [-0.3, -0.25) is 0 Å². The number of aromatic nitrogens is 1. The number of nitrogens with one attached hydrogen (secondary N) is 1. The first-order valence-electron chi connectivity index (χ1n) is 7.84. The molecule has 24 heavy (non-hydrogen) atoms. The number of hydrogen-bond donors (Lipinski definition) is 1. The molecule has 126 valence electrons. The number of anilines is 1. The second-order valence-electron chi connectivity index (χ2n) is 6.18. The summed E-state index contributed by atoms with van der Waals surface area (Å²) in [6.45, 7) is 8.10. The molecule has 1 fully saturated rings. The summed E-state index contributed by atoms with van der Waals surface area (Å²) in [5, 5.41) is 4.06. The first-order valence-corrected chi connectivity index (χ1v) is 7.84. The van der Waals surface area contributed by atoms with Crippen LogP contribution in [0.1, 0.15) is 26.5 Å². The van der Waals surface area contributed by atoms with Gasteiger partial charge in [0.1, 0.15) is 0 Å². The molecule has 0 bridgehead atoms. The van der Waals surface area contributed by atoms with Crippen molar-refractivity contribution in [1.82, 2.24) is 4.57 Å². The van der Waals surface area contributed by atoms with Gasteiger partial charge in [-0.05, 0) is 38.1 Å². The number of carbonyl (C=O) groups excluding carboxylic acids is 2. The lowest BCUT2D eigenvalue weighted by Gasteiger charge is -2.29. The zero-order chi connectivity index (χ0) is 17.5. The van der Waals surface area contributed by atoms with Gasteiger partial charge in [0.25, 0.3) is 5.79 Å². The summed E-state index contributed by atoms with van der Waals surface area (Å²) in [6, 6.07) is 7.97. The molecule has 1 aromatic heterocycles. The van der Waals surface area contributed by atoms with Gasteiger partial charge in [-0.2, -0.15) is 0 Å². The molecular weight excluding hydrogens is 308 g/mol. The van der Waals surface area contributed by atoms with Crippen LogP contribution in [-0.4, -0.2) is 22.3 Å². The normalized spacial score (nSPS) is 16.8. The van der Waals surface area contributed by atoms with E-state index in [0.29, 0.717) is 0 Å². The largest absolute Gasteiger partial charge is 0.419 e. The molecule has 1 aliphatic heterocycles. The fraction of sp³-hybridized carbons (Fsp3) is 0.333. The Balaban J connectivity index is 1.85. The number of ether oxygens (including phenoxy) is 2. The molecule has 0 unspecified atom stereocenters. The van der Waals surface area contributed by atoms with Crippen LogP contribution in [0.25, 0.3) is 10.9 Å². The summed E-state index contributed by atoms with van der Waals surface area (Å²) in [7, 11) is 0. The third-order valence-corrected chi connectivity index (χ3v) is 3.92. The Morgan fingerprint density at radius 2 is 1.83 bits per heavy atom. The molecule has 0 aliphatic carbocycles. The predicted octanol–water partition coefficient (Wildman–Crippen LogP) is 3.10. The van der Waals surface area contributed by atoms with Crippen LogP contribution in [-0.2, 0) is 25.6 Å². The van der Waals surface area contributed by atoms with Crippen molar-refractivity contribution >= 4 is 28.5 Å². The van der Waals surface area contributed by atoms with E-state index in [-0.39, 0.29) is 5.57 Å². The number of benzene rings is 1. The zero-order valence-corrected chi connectivity index (χ0v) is 14.2. The summed E-state index contributed by atoms with van der Waals surface area (Å²) >= 11 is 0. The average molecular weight is 328 g/mol. The highest BCUT2D eigenvalue weighted by molar-refractivity contribution is 6.15. The molecule has 2 aromatic rings. The van der Waals surface area contributed by atoms with Crippen molar-refractivity contribution in [1.29, 1.82) is 0 Å². The van der Waals surface area contributed by atoms with E-state index >= 15 is 0 Å². The maximum absolute atomic E-state index is 11.9. The lowest BCUT2D eigenvalue weighted by molar-refractivity contribution is -0.222. The van der Waals surface area contributed by atoms with E-state index in [0.717, 1.165) is 23.1 Å². The van der Waals surface area contributed by atoms with E-state index in [1.54, 1.807) is 0 Å². The Labute approximate surface area is 140 Å². The minimum Gasteiger partial charge on any atom is -0.419 e. The number of fused-ring (bicyclic) bond motifs is 1. The van der Waals surface area contributed by atoms with E-state index in [9.17, 15) is 9.59 Å². The molecule has 1 aromatic carbocycles. The standard InChI is InChI=1S/C18H20N2O4/c1-5-20-11(2)8-12-9-13(6-7-15(12)20)19-10-14-16(21)23-18(3,4)24-17(14)22/h6-10,19H,5H2,1-4H3. The number of aryl methyl sites for hydroxylation is 2. The lowest BCUT2D eigenvalue weighted by atomic mass is 10.2. The molecule has 6 nitrogen and oxygen atoms in total. The Bertz CT molecular complexity index is 839. The lowest BCUT2D eigenvalue weighted by Crippen LogP contribution is -2.42. The molecule has 2 heterocycles. The van der Waals surface area contributed by atoms with E-state index in [1.165, 1.54) is 25.7 Å². The van der Waals surface area contributed by atoms with Gasteiger partial charge in [0.05, 0.1) is 0 Å². The molecule has 0 saturated carbocycles. The maximum atomic E-state index is 11.9. The van der Waals surface area contributed by atoms with Crippen LogP contribution in [0.15, 0.2) is 36.0 Å². The van der Waals surface area contributed by atoms with E-state index in [4.69, 9.17) is 9.47 Å². The third kappa shape index (κ3) is 2.87. The smallest absolute Gasteiger partial charge is 0.350 e. The summed E-state index contributed by atoms with van der Waals surface area (Å²) in [6.07, 6.45) is 1.32. The van der Waals surface area contributed by atoms with Crippen LogP contribution < -0.4 is 5.32 Å². The van der Waals surface area contributed by atoms with Crippen LogP contribution in [0.5, 0.6) is 0 Å². The van der Waals surface area contributed by atoms with Crippen LogP contribution in [0, 0.1) is 6.92 Å².